The molecule has 32 heavy (non-hydrogen) atoms. The SMILES string of the molecule is COc1cc(OC)c2c(c1Cl)O[C@@]1(C(=O)C=C(NC(C)CCc3ccco3)C[C@H]1C)C2=O. The Hall–Kier alpha value is -2.93. The largest absolute Gasteiger partial charge is 0.496 e. The number of furan rings is 1. The van der Waals surface area contributed by atoms with Crippen LogP contribution in [0.1, 0.15) is 42.8 Å². The molecule has 0 saturated heterocycles. The predicted octanol–water partition coefficient (Wildman–Crippen LogP) is 4.37. The highest BCUT2D eigenvalue weighted by Gasteiger charge is 2.60. The molecule has 7 nitrogen and oxygen atoms in total. The van der Waals surface area contributed by atoms with Crippen LogP contribution >= 0.6 is 11.6 Å². The molecule has 1 aliphatic heterocycles. The molecular weight excluding hydrogens is 434 g/mol. The van der Waals surface area contributed by atoms with Crippen LogP contribution in [0.15, 0.2) is 40.7 Å². The Morgan fingerprint density at radius 2 is 2.03 bits per heavy atom. The lowest BCUT2D eigenvalue weighted by Gasteiger charge is -2.35. The van der Waals surface area contributed by atoms with E-state index in [1.165, 1.54) is 26.4 Å². The lowest BCUT2D eigenvalue weighted by molar-refractivity contribution is -0.129. The van der Waals surface area contributed by atoms with Crippen LogP contribution < -0.4 is 19.5 Å². The Morgan fingerprint density at radius 3 is 2.66 bits per heavy atom. The number of aryl methyl sites for hydroxylation is 1. The number of methoxy groups -OCH3 is 2. The zero-order valence-electron chi connectivity index (χ0n) is 18.5. The van der Waals surface area contributed by atoms with Gasteiger partial charge in [0.15, 0.2) is 5.75 Å². The molecular formula is C24H26ClNO6. The quantitative estimate of drug-likeness (QED) is 0.615. The molecule has 0 saturated carbocycles. The van der Waals surface area contributed by atoms with Crippen LogP contribution in [0.4, 0.5) is 0 Å². The van der Waals surface area contributed by atoms with Crippen LogP contribution in [0.3, 0.4) is 0 Å². The summed E-state index contributed by atoms with van der Waals surface area (Å²) in [5, 5.41) is 3.54. The maximum Gasteiger partial charge on any atom is 0.236 e. The van der Waals surface area contributed by atoms with Crippen molar-refractivity contribution < 1.29 is 28.2 Å². The summed E-state index contributed by atoms with van der Waals surface area (Å²) in [7, 11) is 2.90. The second-order valence-electron chi connectivity index (χ2n) is 8.27. The third kappa shape index (κ3) is 3.54. The van der Waals surface area contributed by atoms with Gasteiger partial charge in [-0.1, -0.05) is 18.5 Å². The first-order chi connectivity index (χ1) is 15.3. The molecule has 2 aliphatic rings. The molecule has 2 aromatic rings. The Kier molecular flexibility index (Phi) is 5.95. The second-order valence-corrected chi connectivity index (χ2v) is 8.65. The van der Waals surface area contributed by atoms with Gasteiger partial charge in [-0.25, -0.2) is 0 Å². The first kappa shape index (κ1) is 22.3. The van der Waals surface area contributed by atoms with Crippen LogP contribution in [0.25, 0.3) is 0 Å². The van der Waals surface area contributed by atoms with Crippen molar-refractivity contribution in [3.8, 4) is 17.2 Å². The summed E-state index contributed by atoms with van der Waals surface area (Å²) in [5.74, 6) is 0.372. The van der Waals surface area contributed by atoms with E-state index in [2.05, 4.69) is 5.32 Å². The van der Waals surface area contributed by atoms with Crippen LogP contribution in [0.5, 0.6) is 17.2 Å². The van der Waals surface area contributed by atoms with Crippen molar-refractivity contribution in [3.63, 3.8) is 0 Å². The van der Waals surface area contributed by atoms with Gasteiger partial charge in [0.1, 0.15) is 27.8 Å². The van der Waals surface area contributed by atoms with Gasteiger partial charge >= 0.3 is 0 Å². The number of benzene rings is 1. The molecule has 0 amide bonds. The maximum atomic E-state index is 13.5. The Balaban J connectivity index is 1.57. The van der Waals surface area contributed by atoms with E-state index < -0.39 is 23.1 Å². The number of fused-ring (bicyclic) bond motifs is 1. The monoisotopic (exact) mass is 459 g/mol. The highest BCUT2D eigenvalue weighted by molar-refractivity contribution is 6.36. The van der Waals surface area contributed by atoms with Crippen molar-refractivity contribution in [3.05, 3.63) is 52.6 Å². The molecule has 1 aromatic heterocycles. The molecule has 0 bridgehead atoms. The molecule has 1 N–H and O–H groups in total. The van der Waals surface area contributed by atoms with Crippen molar-refractivity contribution in [2.75, 3.05) is 14.2 Å². The van der Waals surface area contributed by atoms with E-state index in [1.807, 2.05) is 26.0 Å². The summed E-state index contributed by atoms with van der Waals surface area (Å²) < 4.78 is 22.1. The number of halogens is 1. The summed E-state index contributed by atoms with van der Waals surface area (Å²) in [4.78, 5) is 26.8. The molecule has 3 atom stereocenters. The summed E-state index contributed by atoms with van der Waals surface area (Å²) >= 11 is 6.42. The molecule has 1 spiro atoms. The smallest absolute Gasteiger partial charge is 0.236 e. The summed E-state index contributed by atoms with van der Waals surface area (Å²) in [6, 6.07) is 5.46. The van der Waals surface area contributed by atoms with Gasteiger partial charge in [0, 0.05) is 36.2 Å². The fraction of sp³-hybridized carbons (Fsp3) is 0.417. The summed E-state index contributed by atoms with van der Waals surface area (Å²) in [6.45, 7) is 3.88. The minimum atomic E-state index is -1.66. The molecule has 0 radical (unpaired) electrons. The van der Waals surface area contributed by atoms with Crippen LogP contribution in [-0.4, -0.2) is 37.4 Å². The number of carbonyl (C=O) groups is 2. The number of Topliss-reactive ketones (excluding diaryl/α,β-unsaturated/α-hetero) is 1. The summed E-state index contributed by atoms with van der Waals surface area (Å²) in [5.41, 5.74) is -0.702. The van der Waals surface area contributed by atoms with E-state index in [1.54, 1.807) is 6.26 Å². The van der Waals surface area contributed by atoms with Crippen molar-refractivity contribution in [2.45, 2.75) is 44.8 Å². The number of rotatable bonds is 7. The molecule has 8 heteroatoms. The van der Waals surface area contributed by atoms with Crippen molar-refractivity contribution in [1.82, 2.24) is 5.32 Å². The number of hydrogen-bond donors (Lipinski definition) is 1. The predicted molar refractivity (Wildman–Crippen MR) is 119 cm³/mol. The number of nitrogens with one attached hydrogen (secondary N) is 1. The fourth-order valence-corrected chi connectivity index (χ4v) is 4.70. The molecule has 4 rings (SSSR count). The van der Waals surface area contributed by atoms with Gasteiger partial charge in [-0.05, 0) is 31.9 Å². The molecule has 2 heterocycles. The second kappa shape index (κ2) is 8.54. The van der Waals surface area contributed by atoms with Gasteiger partial charge < -0.3 is 23.9 Å². The molecule has 1 unspecified atom stereocenters. The minimum Gasteiger partial charge on any atom is -0.496 e. The Morgan fingerprint density at radius 1 is 1.28 bits per heavy atom. The van der Waals surface area contributed by atoms with Crippen molar-refractivity contribution in [1.29, 1.82) is 0 Å². The zero-order chi connectivity index (χ0) is 23.0. The molecule has 1 aliphatic carbocycles. The number of ether oxygens (including phenoxy) is 3. The average molecular weight is 460 g/mol. The lowest BCUT2D eigenvalue weighted by Crippen LogP contribution is -2.55. The maximum absolute atomic E-state index is 13.5. The first-order valence-corrected chi connectivity index (χ1v) is 10.9. The van der Waals surface area contributed by atoms with Crippen LogP contribution in [-0.2, 0) is 11.2 Å². The summed E-state index contributed by atoms with van der Waals surface area (Å²) in [6.07, 6.45) is 5.24. The standard InChI is InChI=1S/C24H26ClNO6/c1-13-10-15(26-14(2)7-8-16-6-5-9-31-16)11-19(27)24(13)23(28)20-17(29-3)12-18(30-4)21(25)22(20)32-24/h5-6,9,11-14,26H,7-8,10H2,1-4H3/t13-,14?,24+/m1/s1. The Bertz CT molecular complexity index is 1080. The number of hydrogen-bond acceptors (Lipinski definition) is 7. The highest BCUT2D eigenvalue weighted by Crippen LogP contribution is 2.52. The van der Waals surface area contributed by atoms with Gasteiger partial charge in [-0.2, -0.15) is 0 Å². The van der Waals surface area contributed by atoms with E-state index in [9.17, 15) is 9.59 Å². The van der Waals surface area contributed by atoms with Gasteiger partial charge in [0.05, 0.1) is 20.5 Å². The minimum absolute atomic E-state index is 0.122. The molecule has 0 fully saturated rings. The third-order valence-corrected chi connectivity index (χ3v) is 6.50. The number of carbonyl (C=O) groups excluding carboxylic acids is 2. The number of ketones is 2. The van der Waals surface area contributed by atoms with Crippen molar-refractivity contribution >= 4 is 23.2 Å². The molecule has 1 aromatic carbocycles. The normalized spacial score (nSPS) is 22.9. The van der Waals surface area contributed by atoms with Crippen molar-refractivity contribution in [2.24, 2.45) is 5.92 Å². The van der Waals surface area contributed by atoms with Gasteiger partial charge in [-0.3, -0.25) is 9.59 Å². The van der Waals surface area contributed by atoms with E-state index in [-0.39, 0.29) is 28.1 Å². The van der Waals surface area contributed by atoms with E-state index in [0.29, 0.717) is 12.2 Å². The van der Waals surface area contributed by atoms with E-state index in [4.69, 9.17) is 30.2 Å². The highest BCUT2D eigenvalue weighted by atomic mass is 35.5. The molecule has 170 valence electrons. The fourth-order valence-electron chi connectivity index (χ4n) is 4.43. The first-order valence-electron chi connectivity index (χ1n) is 10.5. The average Bonchev–Trinajstić information content (AvgIpc) is 3.39. The van der Waals surface area contributed by atoms with Crippen LogP contribution in [0, 0.1) is 5.92 Å². The van der Waals surface area contributed by atoms with Crippen LogP contribution in [0.2, 0.25) is 5.02 Å². The zero-order valence-corrected chi connectivity index (χ0v) is 19.2. The van der Waals surface area contributed by atoms with Gasteiger partial charge in [-0.15, -0.1) is 0 Å². The lowest BCUT2D eigenvalue weighted by atomic mass is 9.74. The Labute approximate surface area is 191 Å². The van der Waals surface area contributed by atoms with Gasteiger partial charge in [0.2, 0.25) is 17.2 Å². The third-order valence-electron chi connectivity index (χ3n) is 6.15. The number of allylic oxidation sites excluding steroid dienone is 1. The van der Waals surface area contributed by atoms with E-state index in [0.717, 1.165) is 24.3 Å². The van der Waals surface area contributed by atoms with Gasteiger partial charge in [0.25, 0.3) is 0 Å². The van der Waals surface area contributed by atoms with E-state index >= 15 is 0 Å². The topological polar surface area (TPSA) is 87.0 Å².